The first kappa shape index (κ1) is 11.8. The Morgan fingerprint density at radius 3 is 2.19 bits per heavy atom. The van der Waals surface area contributed by atoms with Crippen LogP contribution < -0.4 is 0 Å². The van der Waals surface area contributed by atoms with E-state index in [4.69, 9.17) is 15.8 Å². The van der Waals surface area contributed by atoms with Gasteiger partial charge in [-0.25, -0.2) is 0 Å². The van der Waals surface area contributed by atoms with E-state index in [9.17, 15) is 0 Å². The zero-order chi connectivity index (χ0) is 12.0. The molecule has 0 amide bonds. The lowest BCUT2D eigenvalue weighted by molar-refractivity contribution is 0.562. The van der Waals surface area contributed by atoms with E-state index in [2.05, 4.69) is 6.07 Å². The van der Waals surface area contributed by atoms with E-state index >= 15 is 0 Å². The van der Waals surface area contributed by atoms with E-state index in [-0.39, 0.29) is 0 Å². The molecule has 0 aliphatic rings. The SMILES string of the molecule is CC(C#N)(CCC#N)c1ccc(C#N)cc1. The van der Waals surface area contributed by atoms with Crippen molar-refractivity contribution < 1.29 is 0 Å². The summed E-state index contributed by atoms with van der Waals surface area (Å²) in [6.07, 6.45) is 0.857. The molecule has 0 saturated carbocycles. The monoisotopic (exact) mass is 209 g/mol. The second-order valence-electron chi connectivity index (χ2n) is 3.79. The molecule has 0 N–H and O–H groups in total. The van der Waals surface area contributed by atoms with Gasteiger partial charge < -0.3 is 0 Å². The smallest absolute Gasteiger partial charge is 0.0991 e. The predicted molar refractivity (Wildman–Crippen MR) is 59.0 cm³/mol. The van der Waals surface area contributed by atoms with E-state index in [1.54, 1.807) is 24.3 Å². The third-order valence-electron chi connectivity index (χ3n) is 2.63. The summed E-state index contributed by atoms with van der Waals surface area (Å²) in [7, 11) is 0. The molecule has 0 saturated heterocycles. The summed E-state index contributed by atoms with van der Waals surface area (Å²) in [5.41, 5.74) is 0.776. The van der Waals surface area contributed by atoms with Crippen LogP contribution in [0.3, 0.4) is 0 Å². The molecule has 78 valence electrons. The maximum absolute atomic E-state index is 9.17. The van der Waals surface area contributed by atoms with Crippen molar-refractivity contribution >= 4 is 0 Å². The summed E-state index contributed by atoms with van der Waals surface area (Å²) < 4.78 is 0. The lowest BCUT2D eigenvalue weighted by Crippen LogP contribution is -2.19. The van der Waals surface area contributed by atoms with Crippen molar-refractivity contribution in [2.75, 3.05) is 0 Å². The number of hydrogen-bond acceptors (Lipinski definition) is 3. The summed E-state index contributed by atoms with van der Waals surface area (Å²) in [4.78, 5) is 0. The molecule has 0 spiro atoms. The highest BCUT2D eigenvalue weighted by atomic mass is 14.4. The molecule has 1 rings (SSSR count). The normalized spacial score (nSPS) is 12.9. The van der Waals surface area contributed by atoms with Crippen molar-refractivity contribution in [2.45, 2.75) is 25.2 Å². The van der Waals surface area contributed by atoms with Gasteiger partial charge in [-0.3, -0.25) is 0 Å². The summed E-state index contributed by atoms with van der Waals surface area (Å²) in [6, 6.07) is 13.2. The van der Waals surface area contributed by atoms with Gasteiger partial charge in [0.05, 0.1) is 29.2 Å². The molecule has 0 aromatic heterocycles. The van der Waals surface area contributed by atoms with Crippen LogP contribution >= 0.6 is 0 Å². The lowest BCUT2D eigenvalue weighted by Gasteiger charge is -2.20. The Morgan fingerprint density at radius 2 is 1.75 bits per heavy atom. The van der Waals surface area contributed by atoms with E-state index in [1.807, 2.05) is 19.1 Å². The Hall–Kier alpha value is -2.31. The van der Waals surface area contributed by atoms with E-state index in [0.717, 1.165) is 5.56 Å². The van der Waals surface area contributed by atoms with Gasteiger partial charge in [-0.05, 0) is 31.0 Å². The highest BCUT2D eigenvalue weighted by molar-refractivity contribution is 5.37. The van der Waals surface area contributed by atoms with Crippen LogP contribution in [0.5, 0.6) is 0 Å². The van der Waals surface area contributed by atoms with Crippen molar-refractivity contribution in [3.8, 4) is 18.2 Å². The van der Waals surface area contributed by atoms with Crippen LogP contribution in [0, 0.1) is 34.0 Å². The van der Waals surface area contributed by atoms with Crippen LogP contribution in [0.25, 0.3) is 0 Å². The van der Waals surface area contributed by atoms with Crippen LogP contribution in [0.15, 0.2) is 24.3 Å². The standard InChI is InChI=1S/C13H11N3/c1-13(10-16,7-2-8-14)12-5-3-11(9-15)4-6-12/h3-6H,2,7H2,1H3. The van der Waals surface area contributed by atoms with E-state index in [0.29, 0.717) is 18.4 Å². The first-order valence-electron chi connectivity index (χ1n) is 4.95. The van der Waals surface area contributed by atoms with Crippen molar-refractivity contribution in [3.05, 3.63) is 35.4 Å². The maximum Gasteiger partial charge on any atom is 0.0991 e. The van der Waals surface area contributed by atoms with E-state index < -0.39 is 5.41 Å². The molecule has 1 aromatic carbocycles. The second-order valence-corrected chi connectivity index (χ2v) is 3.79. The van der Waals surface area contributed by atoms with Gasteiger partial charge >= 0.3 is 0 Å². The molecule has 0 heterocycles. The number of benzene rings is 1. The maximum atomic E-state index is 9.17. The molecule has 0 fully saturated rings. The van der Waals surface area contributed by atoms with Gasteiger partial charge in [-0.1, -0.05) is 12.1 Å². The molecular formula is C13H11N3. The van der Waals surface area contributed by atoms with Crippen LogP contribution in [0.2, 0.25) is 0 Å². The summed E-state index contributed by atoms with van der Waals surface area (Å²) in [5, 5.41) is 26.4. The van der Waals surface area contributed by atoms with Crippen molar-refractivity contribution in [1.29, 1.82) is 15.8 Å². The van der Waals surface area contributed by atoms with Gasteiger partial charge in [0.15, 0.2) is 0 Å². The minimum atomic E-state index is -0.649. The van der Waals surface area contributed by atoms with Crippen molar-refractivity contribution in [1.82, 2.24) is 0 Å². The van der Waals surface area contributed by atoms with Crippen LogP contribution in [0.4, 0.5) is 0 Å². The Balaban J connectivity index is 3.01. The fourth-order valence-corrected chi connectivity index (χ4v) is 1.48. The topological polar surface area (TPSA) is 71.4 Å². The van der Waals surface area contributed by atoms with Gasteiger partial charge in [0.25, 0.3) is 0 Å². The number of rotatable bonds is 3. The number of nitrogens with zero attached hydrogens (tertiary/aromatic N) is 3. The fraction of sp³-hybridized carbons (Fsp3) is 0.308. The van der Waals surface area contributed by atoms with Crippen LogP contribution in [-0.2, 0) is 5.41 Å². The van der Waals surface area contributed by atoms with Gasteiger partial charge in [0.1, 0.15) is 0 Å². The molecule has 3 heteroatoms. The molecule has 0 aliphatic carbocycles. The van der Waals surface area contributed by atoms with Crippen LogP contribution in [0.1, 0.15) is 30.9 Å². The highest BCUT2D eigenvalue weighted by Crippen LogP contribution is 2.28. The summed E-state index contributed by atoms with van der Waals surface area (Å²) in [5.74, 6) is 0. The quantitative estimate of drug-likeness (QED) is 0.768. The average molecular weight is 209 g/mol. The average Bonchev–Trinajstić information content (AvgIpc) is 2.36. The zero-order valence-electron chi connectivity index (χ0n) is 9.07. The van der Waals surface area contributed by atoms with Gasteiger partial charge in [-0.2, -0.15) is 15.8 Å². The predicted octanol–water partition coefficient (Wildman–Crippen LogP) is 2.64. The first-order chi connectivity index (χ1) is 7.66. The zero-order valence-corrected chi connectivity index (χ0v) is 9.07. The Morgan fingerprint density at radius 1 is 1.12 bits per heavy atom. The second kappa shape index (κ2) is 4.96. The van der Waals surface area contributed by atoms with Crippen molar-refractivity contribution in [2.24, 2.45) is 0 Å². The number of nitriles is 3. The molecule has 3 nitrogen and oxygen atoms in total. The van der Waals surface area contributed by atoms with Gasteiger partial charge in [-0.15, -0.1) is 0 Å². The lowest BCUT2D eigenvalue weighted by atomic mass is 9.80. The molecule has 1 unspecified atom stereocenters. The van der Waals surface area contributed by atoms with Gasteiger partial charge in [0, 0.05) is 6.42 Å². The minimum Gasteiger partial charge on any atom is -0.198 e. The summed E-state index contributed by atoms with van der Waals surface area (Å²) in [6.45, 7) is 1.81. The van der Waals surface area contributed by atoms with E-state index in [1.165, 1.54) is 0 Å². The third-order valence-corrected chi connectivity index (χ3v) is 2.63. The molecule has 0 aliphatic heterocycles. The molecule has 0 radical (unpaired) electrons. The minimum absolute atomic E-state index is 0.351. The van der Waals surface area contributed by atoms with Crippen LogP contribution in [-0.4, -0.2) is 0 Å². The highest BCUT2D eigenvalue weighted by Gasteiger charge is 2.25. The summed E-state index contributed by atoms with van der Waals surface area (Å²) >= 11 is 0. The Kier molecular flexibility index (Phi) is 3.65. The van der Waals surface area contributed by atoms with Gasteiger partial charge in [0.2, 0.25) is 0 Å². The first-order valence-corrected chi connectivity index (χ1v) is 4.95. The van der Waals surface area contributed by atoms with Crippen molar-refractivity contribution in [3.63, 3.8) is 0 Å². The fourth-order valence-electron chi connectivity index (χ4n) is 1.48. The Bertz CT molecular complexity index is 482. The number of hydrogen-bond donors (Lipinski definition) is 0. The molecule has 1 aromatic rings. The largest absolute Gasteiger partial charge is 0.198 e. The Labute approximate surface area is 95.2 Å². The molecule has 1 atom stereocenters. The molecule has 0 bridgehead atoms. The third kappa shape index (κ3) is 2.38. The molecule has 16 heavy (non-hydrogen) atoms. The molecular weight excluding hydrogens is 198 g/mol.